The molecule has 0 atom stereocenters. The molecule has 0 spiro atoms. The smallest absolute Gasteiger partial charge is 0.341 e. The fourth-order valence-corrected chi connectivity index (χ4v) is 2.10. The summed E-state index contributed by atoms with van der Waals surface area (Å²) >= 11 is 1.59. The van der Waals surface area contributed by atoms with Crippen molar-refractivity contribution < 1.29 is 14.3 Å². The summed E-state index contributed by atoms with van der Waals surface area (Å²) in [6.07, 6.45) is 0. The number of esters is 1. The Labute approximate surface area is 109 Å². The molecule has 0 radical (unpaired) electrons. The van der Waals surface area contributed by atoms with Gasteiger partial charge in [-0.1, -0.05) is 6.07 Å². The number of hydrogen-bond acceptors (Lipinski definition) is 5. The molecule has 0 fully saturated rings. The van der Waals surface area contributed by atoms with Crippen LogP contribution in [0.2, 0.25) is 0 Å². The molecule has 94 valence electrons. The number of carbonyl (C=O) groups excluding carboxylic acids is 1. The maximum Gasteiger partial charge on any atom is 0.341 e. The molecule has 0 amide bonds. The predicted molar refractivity (Wildman–Crippen MR) is 70.8 cm³/mol. The van der Waals surface area contributed by atoms with Gasteiger partial charge in [-0.25, -0.2) is 4.79 Å². The fourth-order valence-electron chi connectivity index (χ4n) is 1.48. The van der Waals surface area contributed by atoms with Crippen LogP contribution in [-0.2, 0) is 11.3 Å². The standard InChI is InChI=1S/C13H13NO3S/c1-16-13(15)11-5-4-9(14)7-12(11)17-8-10-3-2-6-18-10/h2-7H,8,14H2,1H3. The highest BCUT2D eigenvalue weighted by molar-refractivity contribution is 7.09. The third kappa shape index (κ3) is 2.81. The van der Waals surface area contributed by atoms with E-state index >= 15 is 0 Å². The number of thiophene rings is 1. The molecule has 2 N–H and O–H groups in total. The van der Waals surface area contributed by atoms with Crippen LogP contribution in [-0.4, -0.2) is 13.1 Å². The molecule has 4 nitrogen and oxygen atoms in total. The molecule has 2 aromatic rings. The number of rotatable bonds is 4. The summed E-state index contributed by atoms with van der Waals surface area (Å²) in [5.74, 6) is 0.00595. The van der Waals surface area contributed by atoms with Crippen molar-refractivity contribution in [2.24, 2.45) is 0 Å². The second-order valence-corrected chi connectivity index (χ2v) is 4.65. The van der Waals surface area contributed by atoms with E-state index in [1.54, 1.807) is 29.5 Å². The number of carbonyl (C=O) groups is 1. The lowest BCUT2D eigenvalue weighted by atomic mass is 10.2. The number of anilines is 1. The van der Waals surface area contributed by atoms with Crippen LogP contribution in [0.1, 0.15) is 15.2 Å². The summed E-state index contributed by atoms with van der Waals surface area (Å²) in [6, 6.07) is 8.79. The van der Waals surface area contributed by atoms with Gasteiger partial charge < -0.3 is 15.2 Å². The van der Waals surface area contributed by atoms with Crippen LogP contribution < -0.4 is 10.5 Å². The minimum atomic E-state index is -0.434. The van der Waals surface area contributed by atoms with Gasteiger partial charge in [-0.3, -0.25) is 0 Å². The van der Waals surface area contributed by atoms with Crippen molar-refractivity contribution >= 4 is 23.0 Å². The van der Waals surface area contributed by atoms with Crippen LogP contribution in [0, 0.1) is 0 Å². The Kier molecular flexibility index (Phi) is 3.84. The van der Waals surface area contributed by atoms with Crippen molar-refractivity contribution in [2.75, 3.05) is 12.8 Å². The number of nitrogens with two attached hydrogens (primary N) is 1. The van der Waals surface area contributed by atoms with E-state index in [0.717, 1.165) is 4.88 Å². The Hall–Kier alpha value is -2.01. The van der Waals surface area contributed by atoms with Gasteiger partial charge in [0.1, 0.15) is 17.9 Å². The molecule has 0 aliphatic carbocycles. The van der Waals surface area contributed by atoms with E-state index in [-0.39, 0.29) is 0 Å². The first kappa shape index (κ1) is 12.4. The van der Waals surface area contributed by atoms with E-state index < -0.39 is 5.97 Å². The van der Waals surface area contributed by atoms with Crippen molar-refractivity contribution in [3.63, 3.8) is 0 Å². The van der Waals surface area contributed by atoms with Crippen molar-refractivity contribution in [2.45, 2.75) is 6.61 Å². The van der Waals surface area contributed by atoms with Crippen molar-refractivity contribution in [1.29, 1.82) is 0 Å². The van der Waals surface area contributed by atoms with E-state index in [9.17, 15) is 4.79 Å². The second kappa shape index (κ2) is 5.55. The van der Waals surface area contributed by atoms with Gasteiger partial charge in [0, 0.05) is 16.6 Å². The lowest BCUT2D eigenvalue weighted by Crippen LogP contribution is -2.06. The highest BCUT2D eigenvalue weighted by atomic mass is 32.1. The SMILES string of the molecule is COC(=O)c1ccc(N)cc1OCc1cccs1. The molecule has 0 saturated carbocycles. The molecule has 1 heterocycles. The summed E-state index contributed by atoms with van der Waals surface area (Å²) in [6.45, 7) is 0.408. The lowest BCUT2D eigenvalue weighted by molar-refractivity contribution is 0.0595. The van der Waals surface area contributed by atoms with Gasteiger partial charge in [-0.05, 0) is 23.6 Å². The van der Waals surface area contributed by atoms with E-state index in [1.165, 1.54) is 7.11 Å². The summed E-state index contributed by atoms with van der Waals surface area (Å²) in [5, 5.41) is 1.97. The number of nitrogen functional groups attached to an aromatic ring is 1. The molecule has 0 aliphatic rings. The van der Waals surface area contributed by atoms with Crippen LogP contribution in [0.15, 0.2) is 35.7 Å². The van der Waals surface area contributed by atoms with Gasteiger partial charge in [0.15, 0.2) is 0 Å². The van der Waals surface area contributed by atoms with Gasteiger partial charge >= 0.3 is 5.97 Å². The average molecular weight is 263 g/mol. The highest BCUT2D eigenvalue weighted by Crippen LogP contribution is 2.24. The Balaban J connectivity index is 2.19. The molecular formula is C13H13NO3S. The lowest BCUT2D eigenvalue weighted by Gasteiger charge is -2.10. The second-order valence-electron chi connectivity index (χ2n) is 3.62. The van der Waals surface area contributed by atoms with Gasteiger partial charge in [0.25, 0.3) is 0 Å². The monoisotopic (exact) mass is 263 g/mol. The van der Waals surface area contributed by atoms with Gasteiger partial charge in [0.2, 0.25) is 0 Å². The zero-order valence-electron chi connectivity index (χ0n) is 9.88. The van der Waals surface area contributed by atoms with E-state index in [0.29, 0.717) is 23.6 Å². The Bertz CT molecular complexity index is 537. The molecule has 1 aromatic heterocycles. The first-order valence-electron chi connectivity index (χ1n) is 5.33. The topological polar surface area (TPSA) is 61.5 Å². The minimum Gasteiger partial charge on any atom is -0.487 e. The zero-order chi connectivity index (χ0) is 13.0. The Morgan fingerprint density at radius 1 is 1.39 bits per heavy atom. The largest absolute Gasteiger partial charge is 0.487 e. The van der Waals surface area contributed by atoms with Gasteiger partial charge in [-0.15, -0.1) is 11.3 Å². The number of benzene rings is 1. The molecule has 0 aliphatic heterocycles. The quantitative estimate of drug-likeness (QED) is 0.680. The zero-order valence-corrected chi connectivity index (χ0v) is 10.7. The van der Waals surface area contributed by atoms with E-state index in [1.807, 2.05) is 17.5 Å². The summed E-state index contributed by atoms with van der Waals surface area (Å²) in [4.78, 5) is 12.6. The van der Waals surface area contributed by atoms with Crippen molar-refractivity contribution in [1.82, 2.24) is 0 Å². The fraction of sp³-hybridized carbons (Fsp3) is 0.154. The van der Waals surface area contributed by atoms with Crippen LogP contribution in [0.4, 0.5) is 5.69 Å². The van der Waals surface area contributed by atoms with Gasteiger partial charge in [0.05, 0.1) is 7.11 Å². The summed E-state index contributed by atoms with van der Waals surface area (Å²) < 4.78 is 10.3. The molecule has 0 unspecified atom stereocenters. The molecule has 0 bridgehead atoms. The summed E-state index contributed by atoms with van der Waals surface area (Å²) in [5.41, 5.74) is 6.61. The first-order chi connectivity index (χ1) is 8.70. The van der Waals surface area contributed by atoms with E-state index in [2.05, 4.69) is 0 Å². The van der Waals surface area contributed by atoms with Crippen LogP contribution in [0.25, 0.3) is 0 Å². The molecular weight excluding hydrogens is 250 g/mol. The minimum absolute atomic E-state index is 0.378. The highest BCUT2D eigenvalue weighted by Gasteiger charge is 2.13. The van der Waals surface area contributed by atoms with E-state index in [4.69, 9.17) is 15.2 Å². The van der Waals surface area contributed by atoms with Gasteiger partial charge in [-0.2, -0.15) is 0 Å². The molecule has 5 heteroatoms. The summed E-state index contributed by atoms with van der Waals surface area (Å²) in [7, 11) is 1.34. The normalized spacial score (nSPS) is 10.1. The number of methoxy groups -OCH3 is 1. The number of ether oxygens (including phenoxy) is 2. The van der Waals surface area contributed by atoms with Crippen LogP contribution in [0.5, 0.6) is 5.75 Å². The Morgan fingerprint density at radius 3 is 2.89 bits per heavy atom. The predicted octanol–water partition coefficient (Wildman–Crippen LogP) is 2.70. The third-order valence-electron chi connectivity index (χ3n) is 2.36. The maximum atomic E-state index is 11.6. The Morgan fingerprint density at radius 2 is 2.22 bits per heavy atom. The first-order valence-corrected chi connectivity index (χ1v) is 6.21. The average Bonchev–Trinajstić information content (AvgIpc) is 2.88. The molecule has 18 heavy (non-hydrogen) atoms. The van der Waals surface area contributed by atoms with Crippen molar-refractivity contribution in [3.05, 3.63) is 46.2 Å². The molecule has 1 aromatic carbocycles. The molecule has 2 rings (SSSR count). The van der Waals surface area contributed by atoms with Crippen LogP contribution >= 0.6 is 11.3 Å². The third-order valence-corrected chi connectivity index (χ3v) is 3.21. The molecule has 0 saturated heterocycles. The maximum absolute atomic E-state index is 11.6. The number of hydrogen-bond donors (Lipinski definition) is 1. The van der Waals surface area contributed by atoms with Crippen LogP contribution in [0.3, 0.4) is 0 Å². The van der Waals surface area contributed by atoms with Crippen molar-refractivity contribution in [3.8, 4) is 5.75 Å².